The molecule has 0 saturated carbocycles. The van der Waals surface area contributed by atoms with E-state index in [-0.39, 0.29) is 12.0 Å². The molecule has 0 spiro atoms. The molecule has 0 unspecified atom stereocenters. The highest BCUT2D eigenvalue weighted by atomic mass is 32.2. The topological polar surface area (TPSA) is 87.2 Å². The number of carboxylic acids is 1. The molecular formula is C15H28N2O5S. The average Bonchev–Trinajstić information content (AvgIpc) is 2.95. The second kappa shape index (κ2) is 6.66. The number of carboxylic acid groups (broad SMARTS) is 1. The number of hydrogen-bond acceptors (Lipinski definition) is 4. The van der Waals surface area contributed by atoms with Gasteiger partial charge in [0.1, 0.15) is 0 Å². The first kappa shape index (κ1) is 18.6. The summed E-state index contributed by atoms with van der Waals surface area (Å²) in [6, 6.07) is 0. The van der Waals surface area contributed by atoms with Gasteiger partial charge in [0.05, 0.1) is 12.0 Å². The monoisotopic (exact) mass is 348 g/mol. The maximum atomic E-state index is 12.7. The lowest BCUT2D eigenvalue weighted by molar-refractivity contribution is -0.145. The summed E-state index contributed by atoms with van der Waals surface area (Å²) < 4.78 is 33.8. The van der Waals surface area contributed by atoms with Gasteiger partial charge in [-0.2, -0.15) is 17.0 Å². The van der Waals surface area contributed by atoms with E-state index >= 15 is 0 Å². The molecule has 2 rings (SSSR count). The first-order valence-electron chi connectivity index (χ1n) is 8.13. The van der Waals surface area contributed by atoms with E-state index < -0.39 is 27.6 Å². The number of ether oxygens (including phenoxy) is 1. The summed E-state index contributed by atoms with van der Waals surface area (Å²) >= 11 is 0. The van der Waals surface area contributed by atoms with Crippen molar-refractivity contribution in [3.8, 4) is 0 Å². The van der Waals surface area contributed by atoms with Crippen molar-refractivity contribution >= 4 is 16.2 Å². The second-order valence-corrected chi connectivity index (χ2v) is 9.41. The third kappa shape index (κ3) is 3.87. The highest BCUT2D eigenvalue weighted by Gasteiger charge is 2.43. The largest absolute Gasteiger partial charge is 0.481 e. The highest BCUT2D eigenvalue weighted by Crippen LogP contribution is 2.34. The molecule has 0 aliphatic carbocycles. The van der Waals surface area contributed by atoms with Crippen LogP contribution in [0.25, 0.3) is 0 Å². The van der Waals surface area contributed by atoms with Crippen molar-refractivity contribution < 1.29 is 23.1 Å². The Morgan fingerprint density at radius 1 is 1.22 bits per heavy atom. The zero-order valence-electron chi connectivity index (χ0n) is 14.4. The standard InChI is InChI=1S/C15H28N2O5S/c1-15(2,3)16(4)23(20,21)17-8-5-11(6-9-17)13-12(14(18)19)7-10-22-13/h11-13H,5-10H2,1-4H3,(H,18,19)/t12-,13+/m1/s1. The fourth-order valence-corrected chi connectivity index (χ4v) is 5.01. The molecule has 0 aromatic rings. The predicted octanol–water partition coefficient (Wildman–Crippen LogP) is 1.16. The number of hydrogen-bond donors (Lipinski definition) is 1. The molecule has 134 valence electrons. The average molecular weight is 348 g/mol. The van der Waals surface area contributed by atoms with Crippen molar-refractivity contribution in [2.75, 3.05) is 26.7 Å². The van der Waals surface area contributed by atoms with Gasteiger partial charge in [0.2, 0.25) is 0 Å². The van der Waals surface area contributed by atoms with Crippen molar-refractivity contribution in [3.05, 3.63) is 0 Å². The molecule has 2 saturated heterocycles. The molecule has 2 atom stereocenters. The molecular weight excluding hydrogens is 320 g/mol. The molecule has 0 aromatic heterocycles. The summed E-state index contributed by atoms with van der Waals surface area (Å²) in [6.07, 6.45) is 1.56. The van der Waals surface area contributed by atoms with Gasteiger partial charge in [0.15, 0.2) is 0 Å². The fraction of sp³-hybridized carbons (Fsp3) is 0.933. The van der Waals surface area contributed by atoms with Crippen LogP contribution >= 0.6 is 0 Å². The van der Waals surface area contributed by atoms with Crippen molar-refractivity contribution in [2.45, 2.75) is 51.7 Å². The number of carbonyl (C=O) groups is 1. The summed E-state index contributed by atoms with van der Waals surface area (Å²) in [4.78, 5) is 11.3. The van der Waals surface area contributed by atoms with Crippen molar-refractivity contribution in [1.82, 2.24) is 8.61 Å². The predicted molar refractivity (Wildman–Crippen MR) is 86.2 cm³/mol. The lowest BCUT2D eigenvalue weighted by Gasteiger charge is -2.39. The normalized spacial score (nSPS) is 28.4. The Hall–Kier alpha value is -0.700. The quantitative estimate of drug-likeness (QED) is 0.824. The summed E-state index contributed by atoms with van der Waals surface area (Å²) in [6.45, 7) is 6.90. The third-order valence-corrected chi connectivity index (χ3v) is 7.29. The van der Waals surface area contributed by atoms with Gasteiger partial charge in [-0.1, -0.05) is 0 Å². The van der Waals surface area contributed by atoms with Gasteiger partial charge >= 0.3 is 5.97 Å². The Balaban J connectivity index is 2.00. The maximum Gasteiger partial charge on any atom is 0.309 e. The molecule has 8 heteroatoms. The van der Waals surface area contributed by atoms with E-state index in [0.29, 0.717) is 39.0 Å². The van der Waals surface area contributed by atoms with Gasteiger partial charge < -0.3 is 9.84 Å². The third-order valence-electron chi connectivity index (χ3n) is 5.03. The van der Waals surface area contributed by atoms with Crippen molar-refractivity contribution in [2.24, 2.45) is 11.8 Å². The second-order valence-electron chi connectivity index (χ2n) is 7.45. The maximum absolute atomic E-state index is 12.7. The van der Waals surface area contributed by atoms with Crippen LogP contribution in [0, 0.1) is 11.8 Å². The van der Waals surface area contributed by atoms with Crippen LogP contribution in [0.1, 0.15) is 40.0 Å². The van der Waals surface area contributed by atoms with Crippen LogP contribution in [0.4, 0.5) is 0 Å². The minimum atomic E-state index is -3.49. The van der Waals surface area contributed by atoms with E-state index in [1.807, 2.05) is 20.8 Å². The van der Waals surface area contributed by atoms with Crippen LogP contribution in [-0.2, 0) is 19.7 Å². The Labute approximate surface area is 138 Å². The van der Waals surface area contributed by atoms with Crippen LogP contribution in [0.3, 0.4) is 0 Å². The summed E-state index contributed by atoms with van der Waals surface area (Å²) in [5, 5.41) is 9.26. The molecule has 2 fully saturated rings. The van der Waals surface area contributed by atoms with Crippen LogP contribution in [0.15, 0.2) is 0 Å². The first-order chi connectivity index (χ1) is 10.5. The van der Waals surface area contributed by atoms with E-state index in [0.717, 1.165) is 0 Å². The van der Waals surface area contributed by atoms with Gasteiger partial charge in [0, 0.05) is 32.3 Å². The molecule has 7 nitrogen and oxygen atoms in total. The number of rotatable bonds is 4. The summed E-state index contributed by atoms with van der Waals surface area (Å²) in [7, 11) is -1.89. The SMILES string of the molecule is CN(C(C)(C)C)S(=O)(=O)N1CCC([C@@H]2OCC[C@H]2C(=O)O)CC1. The molecule has 0 radical (unpaired) electrons. The zero-order valence-corrected chi connectivity index (χ0v) is 15.2. The zero-order chi connectivity index (χ0) is 17.4. The van der Waals surface area contributed by atoms with E-state index in [1.165, 1.54) is 8.61 Å². The highest BCUT2D eigenvalue weighted by molar-refractivity contribution is 7.86. The number of nitrogens with zero attached hydrogens (tertiary/aromatic N) is 2. The molecule has 2 aliphatic rings. The molecule has 2 aliphatic heterocycles. The van der Waals surface area contributed by atoms with E-state index in [2.05, 4.69) is 0 Å². The van der Waals surface area contributed by atoms with E-state index in [1.54, 1.807) is 7.05 Å². The lowest BCUT2D eigenvalue weighted by Crippen LogP contribution is -2.52. The van der Waals surface area contributed by atoms with Crippen LogP contribution in [0.5, 0.6) is 0 Å². The van der Waals surface area contributed by atoms with Gasteiger partial charge in [-0.3, -0.25) is 4.79 Å². The smallest absolute Gasteiger partial charge is 0.309 e. The Bertz CT molecular complexity index is 535. The van der Waals surface area contributed by atoms with Crippen molar-refractivity contribution in [1.29, 1.82) is 0 Å². The van der Waals surface area contributed by atoms with Crippen LogP contribution in [0.2, 0.25) is 0 Å². The molecule has 0 bridgehead atoms. The molecule has 23 heavy (non-hydrogen) atoms. The minimum Gasteiger partial charge on any atom is -0.481 e. The minimum absolute atomic E-state index is 0.116. The van der Waals surface area contributed by atoms with Gasteiger partial charge in [-0.25, -0.2) is 0 Å². The number of piperidine rings is 1. The Kier molecular flexibility index (Phi) is 5.40. The summed E-state index contributed by atoms with van der Waals surface area (Å²) in [5.41, 5.74) is -0.474. The van der Waals surface area contributed by atoms with Crippen molar-refractivity contribution in [3.63, 3.8) is 0 Å². The Morgan fingerprint density at radius 3 is 2.26 bits per heavy atom. The van der Waals surface area contributed by atoms with E-state index in [4.69, 9.17) is 4.74 Å². The molecule has 2 heterocycles. The van der Waals surface area contributed by atoms with Crippen LogP contribution < -0.4 is 0 Å². The van der Waals surface area contributed by atoms with E-state index in [9.17, 15) is 18.3 Å². The first-order valence-corrected chi connectivity index (χ1v) is 9.53. The molecule has 0 aromatic carbocycles. The molecule has 0 amide bonds. The number of aliphatic carboxylic acids is 1. The molecule has 1 N–H and O–H groups in total. The van der Waals surface area contributed by atoms with Gasteiger partial charge in [0.25, 0.3) is 10.2 Å². The summed E-state index contributed by atoms with van der Waals surface area (Å²) in [5.74, 6) is -1.15. The van der Waals surface area contributed by atoms with Gasteiger partial charge in [-0.05, 0) is 46.0 Å². The van der Waals surface area contributed by atoms with Gasteiger partial charge in [-0.15, -0.1) is 0 Å². The van der Waals surface area contributed by atoms with Crippen LogP contribution in [-0.4, -0.2) is 66.5 Å². The lowest BCUT2D eigenvalue weighted by atomic mass is 9.85. The Morgan fingerprint density at radius 2 is 1.78 bits per heavy atom. The fourth-order valence-electron chi connectivity index (χ4n) is 3.29.